The summed E-state index contributed by atoms with van der Waals surface area (Å²) >= 11 is 0. The Balaban J connectivity index is 3.57. The molecule has 98 valence electrons. The summed E-state index contributed by atoms with van der Waals surface area (Å²) in [5.41, 5.74) is -3.22. The van der Waals surface area contributed by atoms with Crippen molar-refractivity contribution in [2.75, 3.05) is 7.11 Å². The number of methoxy groups -OCH3 is 1. The minimum Gasteiger partial charge on any atom is -0.496 e. The lowest BCUT2D eigenvalue weighted by atomic mass is 10.1. The van der Waals surface area contributed by atoms with Gasteiger partial charge in [-0.1, -0.05) is 0 Å². The van der Waals surface area contributed by atoms with Crippen molar-refractivity contribution in [2.24, 2.45) is 0 Å². The second-order valence-electron chi connectivity index (χ2n) is 3.21. The van der Waals surface area contributed by atoms with Gasteiger partial charge in [0.05, 0.1) is 19.6 Å². The molecular formula is C10H7F5N2O. The summed E-state index contributed by atoms with van der Waals surface area (Å²) in [6.07, 6.45) is -8.04. The number of pyridine rings is 1. The van der Waals surface area contributed by atoms with Crippen LogP contribution in [0.2, 0.25) is 0 Å². The van der Waals surface area contributed by atoms with E-state index >= 15 is 0 Å². The molecule has 0 aromatic carbocycles. The third kappa shape index (κ3) is 2.67. The van der Waals surface area contributed by atoms with E-state index in [-0.39, 0.29) is 5.56 Å². The third-order valence-electron chi connectivity index (χ3n) is 2.10. The van der Waals surface area contributed by atoms with E-state index in [0.29, 0.717) is 0 Å². The lowest BCUT2D eigenvalue weighted by molar-refractivity contribution is -0.141. The van der Waals surface area contributed by atoms with E-state index in [1.54, 1.807) is 6.07 Å². The maximum absolute atomic E-state index is 12.7. The first-order valence-corrected chi connectivity index (χ1v) is 4.61. The second-order valence-corrected chi connectivity index (χ2v) is 3.21. The minimum atomic E-state index is -5.03. The molecule has 0 N–H and O–H groups in total. The van der Waals surface area contributed by atoms with Gasteiger partial charge in [0.25, 0.3) is 6.43 Å². The molecule has 0 aliphatic rings. The van der Waals surface area contributed by atoms with Gasteiger partial charge in [0, 0.05) is 11.8 Å². The van der Waals surface area contributed by atoms with E-state index in [9.17, 15) is 22.0 Å². The molecular weight excluding hydrogens is 259 g/mol. The number of rotatable bonds is 3. The summed E-state index contributed by atoms with van der Waals surface area (Å²) in [5.74, 6) is -0.783. The van der Waals surface area contributed by atoms with E-state index in [0.717, 1.165) is 13.3 Å². The maximum atomic E-state index is 12.7. The summed E-state index contributed by atoms with van der Waals surface area (Å²) < 4.78 is 67.7. The van der Waals surface area contributed by atoms with Crippen molar-refractivity contribution in [3.05, 3.63) is 23.0 Å². The van der Waals surface area contributed by atoms with E-state index in [1.165, 1.54) is 0 Å². The predicted molar refractivity (Wildman–Crippen MR) is 50.1 cm³/mol. The first kappa shape index (κ1) is 14.2. The molecule has 0 aliphatic carbocycles. The number of nitriles is 1. The molecule has 8 heteroatoms. The number of aromatic nitrogens is 1. The van der Waals surface area contributed by atoms with Crippen molar-refractivity contribution in [3.63, 3.8) is 0 Å². The summed E-state index contributed by atoms with van der Waals surface area (Å²) in [6, 6.07) is 1.61. The van der Waals surface area contributed by atoms with Crippen LogP contribution in [0.4, 0.5) is 22.0 Å². The summed E-state index contributed by atoms with van der Waals surface area (Å²) in [5, 5.41) is 8.45. The van der Waals surface area contributed by atoms with Crippen molar-refractivity contribution in [2.45, 2.75) is 19.0 Å². The quantitative estimate of drug-likeness (QED) is 0.789. The summed E-state index contributed by atoms with van der Waals surface area (Å²) in [7, 11) is 0.917. The minimum absolute atomic E-state index is 0.184. The van der Waals surface area contributed by atoms with Gasteiger partial charge in [0.2, 0.25) is 0 Å². The Morgan fingerprint density at radius 3 is 2.44 bits per heavy atom. The fraction of sp³-hybridized carbons (Fsp3) is 0.400. The van der Waals surface area contributed by atoms with Crippen LogP contribution >= 0.6 is 0 Å². The van der Waals surface area contributed by atoms with Gasteiger partial charge in [0.15, 0.2) is 0 Å². The smallest absolute Gasteiger partial charge is 0.421 e. The zero-order chi connectivity index (χ0) is 13.9. The molecule has 0 amide bonds. The van der Waals surface area contributed by atoms with Crippen LogP contribution in [0.1, 0.15) is 23.2 Å². The SMILES string of the molecule is COc1c(CC#N)cnc(C(F)F)c1C(F)(F)F. The highest BCUT2D eigenvalue weighted by molar-refractivity contribution is 5.46. The highest BCUT2D eigenvalue weighted by Crippen LogP contribution is 2.42. The zero-order valence-electron chi connectivity index (χ0n) is 9.05. The Bertz CT molecular complexity index is 478. The monoisotopic (exact) mass is 266 g/mol. The number of ether oxygens (including phenoxy) is 1. The zero-order valence-corrected chi connectivity index (χ0v) is 9.05. The van der Waals surface area contributed by atoms with Crippen molar-refractivity contribution in [1.82, 2.24) is 4.98 Å². The molecule has 1 aromatic rings. The molecule has 0 bridgehead atoms. The number of nitrogens with zero attached hydrogens (tertiary/aromatic N) is 2. The van der Waals surface area contributed by atoms with Gasteiger partial charge in [-0.05, 0) is 0 Å². The van der Waals surface area contributed by atoms with Gasteiger partial charge in [-0.2, -0.15) is 18.4 Å². The van der Waals surface area contributed by atoms with Crippen LogP contribution in [0.15, 0.2) is 6.20 Å². The van der Waals surface area contributed by atoms with Crippen molar-refractivity contribution < 1.29 is 26.7 Å². The molecule has 0 radical (unpaired) electrons. The lowest BCUT2D eigenvalue weighted by Gasteiger charge is -2.17. The fourth-order valence-corrected chi connectivity index (χ4v) is 1.43. The Kier molecular flexibility index (Phi) is 4.06. The molecule has 3 nitrogen and oxygen atoms in total. The van der Waals surface area contributed by atoms with Crippen LogP contribution in [0.5, 0.6) is 5.75 Å². The number of alkyl halides is 5. The topological polar surface area (TPSA) is 45.9 Å². The Morgan fingerprint density at radius 1 is 1.44 bits per heavy atom. The highest BCUT2D eigenvalue weighted by Gasteiger charge is 2.41. The second kappa shape index (κ2) is 5.16. The molecule has 1 heterocycles. The van der Waals surface area contributed by atoms with Gasteiger partial charge >= 0.3 is 6.18 Å². The largest absolute Gasteiger partial charge is 0.496 e. The molecule has 18 heavy (non-hydrogen) atoms. The van der Waals surface area contributed by atoms with E-state index in [1.807, 2.05) is 0 Å². The highest BCUT2D eigenvalue weighted by atomic mass is 19.4. The van der Waals surface area contributed by atoms with Crippen LogP contribution in [0.3, 0.4) is 0 Å². The number of hydrogen-bond donors (Lipinski definition) is 0. The van der Waals surface area contributed by atoms with Gasteiger partial charge in [-0.15, -0.1) is 0 Å². The maximum Gasteiger partial charge on any atom is 0.421 e. The van der Waals surface area contributed by atoms with Crippen LogP contribution in [0, 0.1) is 11.3 Å². The van der Waals surface area contributed by atoms with Crippen molar-refractivity contribution >= 4 is 0 Å². The molecule has 0 spiro atoms. The summed E-state index contributed by atoms with van der Waals surface area (Å²) in [6.45, 7) is 0. The normalized spacial score (nSPS) is 11.4. The average Bonchev–Trinajstić information content (AvgIpc) is 2.27. The van der Waals surface area contributed by atoms with E-state index in [4.69, 9.17) is 5.26 Å². The first-order valence-electron chi connectivity index (χ1n) is 4.61. The van der Waals surface area contributed by atoms with E-state index < -0.39 is 36.0 Å². The molecule has 0 aliphatic heterocycles. The van der Waals surface area contributed by atoms with Crippen LogP contribution in [-0.4, -0.2) is 12.1 Å². The average molecular weight is 266 g/mol. The van der Waals surface area contributed by atoms with Crippen LogP contribution in [0.25, 0.3) is 0 Å². The molecule has 1 aromatic heterocycles. The van der Waals surface area contributed by atoms with E-state index in [2.05, 4.69) is 9.72 Å². The molecule has 0 saturated carbocycles. The molecule has 0 unspecified atom stereocenters. The van der Waals surface area contributed by atoms with Crippen LogP contribution in [-0.2, 0) is 12.6 Å². The fourth-order valence-electron chi connectivity index (χ4n) is 1.43. The third-order valence-corrected chi connectivity index (χ3v) is 2.10. The Hall–Kier alpha value is -1.91. The lowest BCUT2D eigenvalue weighted by Crippen LogP contribution is -2.15. The van der Waals surface area contributed by atoms with Gasteiger partial charge < -0.3 is 4.74 Å². The van der Waals surface area contributed by atoms with Crippen molar-refractivity contribution in [3.8, 4) is 11.8 Å². The predicted octanol–water partition coefficient (Wildman–Crippen LogP) is 3.11. The van der Waals surface area contributed by atoms with Gasteiger partial charge in [0.1, 0.15) is 17.0 Å². The van der Waals surface area contributed by atoms with Gasteiger partial charge in [-0.25, -0.2) is 8.78 Å². The summed E-state index contributed by atoms with van der Waals surface area (Å²) in [4.78, 5) is 3.07. The van der Waals surface area contributed by atoms with Crippen molar-refractivity contribution in [1.29, 1.82) is 5.26 Å². The Labute approximate surface area is 98.8 Å². The number of halogens is 5. The Morgan fingerprint density at radius 2 is 2.06 bits per heavy atom. The van der Waals surface area contributed by atoms with Gasteiger partial charge in [-0.3, -0.25) is 4.98 Å². The molecule has 0 saturated heterocycles. The standard InChI is InChI=1S/C10H7F5N2O/c1-18-8-5(2-3-16)4-17-7(9(11)12)6(8)10(13,14)15/h4,9H,2H2,1H3. The molecule has 0 atom stereocenters. The first-order chi connectivity index (χ1) is 8.32. The molecule has 0 fully saturated rings. The number of hydrogen-bond acceptors (Lipinski definition) is 3. The molecule has 1 rings (SSSR count). The van der Waals surface area contributed by atoms with Crippen LogP contribution < -0.4 is 4.74 Å².